The zero-order chi connectivity index (χ0) is 27.4. The fraction of sp³-hybridized carbons (Fsp3) is 0.710. The van der Waals surface area contributed by atoms with E-state index in [1.54, 1.807) is 6.33 Å². The van der Waals surface area contributed by atoms with Crippen LogP contribution in [0, 0.1) is 5.92 Å². The average Bonchev–Trinajstić information content (AvgIpc) is 2.84. The van der Waals surface area contributed by atoms with Crippen molar-refractivity contribution in [2.75, 3.05) is 19.6 Å². The summed E-state index contributed by atoms with van der Waals surface area (Å²) in [5.41, 5.74) is 5.08. The maximum atomic E-state index is 4.40. The summed E-state index contributed by atoms with van der Waals surface area (Å²) in [7, 11) is 0. The number of piperazine rings is 1. The zero-order valence-corrected chi connectivity index (χ0v) is 25.3. The van der Waals surface area contributed by atoms with Crippen LogP contribution in [0.2, 0.25) is 0 Å². The first-order valence-corrected chi connectivity index (χ1v) is 14.1. The van der Waals surface area contributed by atoms with E-state index in [0.717, 1.165) is 12.5 Å². The molecule has 1 saturated heterocycles. The van der Waals surface area contributed by atoms with E-state index in [4.69, 9.17) is 0 Å². The van der Waals surface area contributed by atoms with E-state index < -0.39 is 0 Å². The van der Waals surface area contributed by atoms with Crippen molar-refractivity contribution in [2.24, 2.45) is 5.92 Å². The minimum atomic E-state index is 0.491. The van der Waals surface area contributed by atoms with Crippen LogP contribution in [-0.4, -0.2) is 51.6 Å². The zero-order valence-electron chi connectivity index (χ0n) is 25.3. The summed E-state index contributed by atoms with van der Waals surface area (Å²) in [6.07, 6.45) is 5.43. The second-order valence-electron chi connectivity index (χ2n) is 11.9. The van der Waals surface area contributed by atoms with Crippen molar-refractivity contribution < 1.29 is 0 Å². The topological polar surface area (TPSA) is 53.9 Å². The van der Waals surface area contributed by atoms with Crippen molar-refractivity contribution in [2.45, 2.75) is 119 Å². The minimum absolute atomic E-state index is 0.491. The van der Waals surface area contributed by atoms with Crippen molar-refractivity contribution in [3.8, 4) is 0 Å². The highest BCUT2D eigenvalue weighted by molar-refractivity contribution is 5.25. The van der Waals surface area contributed by atoms with Gasteiger partial charge >= 0.3 is 0 Å². The van der Waals surface area contributed by atoms with Crippen LogP contribution in [0.15, 0.2) is 30.9 Å². The molecule has 1 aliphatic rings. The SMILES string of the molecule is CC(C)C1CN(C(C)C)CCN1.CC(C)c1cccnc1C(C)C.CC(C)c1cncnc1C(C)C. The molecule has 1 atom stereocenters. The van der Waals surface area contributed by atoms with Crippen LogP contribution in [0.4, 0.5) is 0 Å². The third-order valence-electron chi connectivity index (χ3n) is 6.75. The Morgan fingerprint density at radius 3 is 1.81 bits per heavy atom. The average molecular weight is 498 g/mol. The Morgan fingerprint density at radius 1 is 0.778 bits per heavy atom. The van der Waals surface area contributed by atoms with Gasteiger partial charge < -0.3 is 5.32 Å². The number of hydrogen-bond donors (Lipinski definition) is 1. The second kappa shape index (κ2) is 16.1. The predicted molar refractivity (Wildman–Crippen MR) is 156 cm³/mol. The standard InChI is InChI=1S/C11H17N.C10H16N2.C10H22N2/c1-8(2)10-6-5-7-12-11(10)9(3)4;1-7(2)9-5-11-6-12-10(9)8(3)4;1-8(2)10-7-12(9(3)4)6-5-11-10/h5-9H,1-4H3;5-8H,1-4H3;8-11H,5-7H2,1-4H3. The van der Waals surface area contributed by atoms with E-state index >= 15 is 0 Å². The predicted octanol–water partition coefficient (Wildman–Crippen LogP) is 7.38. The first-order valence-electron chi connectivity index (χ1n) is 14.1. The fourth-order valence-electron chi connectivity index (χ4n) is 4.40. The van der Waals surface area contributed by atoms with E-state index in [1.807, 2.05) is 18.5 Å². The number of hydrogen-bond acceptors (Lipinski definition) is 5. The summed E-state index contributed by atoms with van der Waals surface area (Å²) in [6, 6.07) is 5.59. The van der Waals surface area contributed by atoms with E-state index in [1.165, 1.54) is 35.6 Å². The van der Waals surface area contributed by atoms with Crippen LogP contribution < -0.4 is 5.32 Å². The Bertz CT molecular complexity index is 734. The molecular weight excluding hydrogens is 442 g/mol. The van der Waals surface area contributed by atoms with E-state index in [2.05, 4.69) is 114 Å². The van der Waals surface area contributed by atoms with Crippen molar-refractivity contribution >= 4 is 0 Å². The third-order valence-corrected chi connectivity index (χ3v) is 6.75. The van der Waals surface area contributed by atoms with Crippen molar-refractivity contribution in [3.63, 3.8) is 0 Å². The summed E-state index contributed by atoms with van der Waals surface area (Å²) in [5.74, 6) is 2.88. The van der Waals surface area contributed by atoms with Crippen molar-refractivity contribution in [1.29, 1.82) is 0 Å². The number of pyridine rings is 1. The fourth-order valence-corrected chi connectivity index (χ4v) is 4.40. The normalized spacial score (nSPS) is 16.4. The van der Waals surface area contributed by atoms with Gasteiger partial charge in [-0.1, -0.05) is 75.3 Å². The maximum absolute atomic E-state index is 4.40. The molecular formula is C31H55N5. The number of aromatic nitrogens is 3. The molecule has 1 unspecified atom stereocenters. The van der Waals surface area contributed by atoms with Gasteiger partial charge in [0.15, 0.2) is 0 Å². The van der Waals surface area contributed by atoms with E-state index in [9.17, 15) is 0 Å². The van der Waals surface area contributed by atoms with Crippen LogP contribution >= 0.6 is 0 Å². The Labute approximate surface area is 222 Å². The molecule has 0 amide bonds. The Kier molecular flexibility index (Phi) is 14.4. The minimum Gasteiger partial charge on any atom is -0.311 e. The van der Waals surface area contributed by atoms with Crippen LogP contribution in [0.25, 0.3) is 0 Å². The summed E-state index contributed by atoms with van der Waals surface area (Å²) >= 11 is 0. The highest BCUT2D eigenvalue weighted by Gasteiger charge is 2.22. The van der Waals surface area contributed by atoms with Crippen LogP contribution in [0.5, 0.6) is 0 Å². The lowest BCUT2D eigenvalue weighted by Gasteiger charge is -2.38. The van der Waals surface area contributed by atoms with Crippen LogP contribution in [-0.2, 0) is 0 Å². The summed E-state index contributed by atoms with van der Waals surface area (Å²) in [5, 5.41) is 3.56. The Morgan fingerprint density at radius 2 is 1.36 bits per heavy atom. The summed E-state index contributed by atoms with van der Waals surface area (Å²) in [6.45, 7) is 30.2. The lowest BCUT2D eigenvalue weighted by molar-refractivity contribution is 0.143. The molecule has 0 radical (unpaired) electrons. The molecule has 3 heterocycles. The molecule has 0 saturated carbocycles. The molecule has 5 nitrogen and oxygen atoms in total. The highest BCUT2D eigenvalue weighted by atomic mass is 15.2. The quantitative estimate of drug-likeness (QED) is 0.451. The molecule has 0 aliphatic carbocycles. The van der Waals surface area contributed by atoms with Gasteiger partial charge in [-0.15, -0.1) is 0 Å². The number of nitrogens with one attached hydrogen (secondary N) is 1. The first kappa shape index (κ1) is 32.2. The molecule has 0 aromatic carbocycles. The molecule has 0 bridgehead atoms. The summed E-state index contributed by atoms with van der Waals surface area (Å²) < 4.78 is 0. The van der Waals surface area contributed by atoms with Crippen LogP contribution in [0.1, 0.15) is 129 Å². The first-order chi connectivity index (χ1) is 16.9. The van der Waals surface area contributed by atoms with Gasteiger partial charge in [0.25, 0.3) is 0 Å². The molecule has 1 N–H and O–H groups in total. The largest absolute Gasteiger partial charge is 0.311 e. The lowest BCUT2D eigenvalue weighted by atomic mass is 9.96. The van der Waals surface area contributed by atoms with Gasteiger partial charge in [-0.25, -0.2) is 9.97 Å². The van der Waals surface area contributed by atoms with Gasteiger partial charge in [-0.3, -0.25) is 9.88 Å². The van der Waals surface area contributed by atoms with Gasteiger partial charge in [0.1, 0.15) is 6.33 Å². The smallest absolute Gasteiger partial charge is 0.115 e. The van der Waals surface area contributed by atoms with Gasteiger partial charge in [0.2, 0.25) is 0 Å². The van der Waals surface area contributed by atoms with Gasteiger partial charge in [0, 0.05) is 55.5 Å². The van der Waals surface area contributed by atoms with Gasteiger partial charge in [0.05, 0.1) is 0 Å². The monoisotopic (exact) mass is 497 g/mol. The van der Waals surface area contributed by atoms with Gasteiger partial charge in [-0.05, 0) is 60.6 Å². The van der Waals surface area contributed by atoms with E-state index in [0.29, 0.717) is 35.8 Å². The maximum Gasteiger partial charge on any atom is 0.115 e. The molecule has 1 aliphatic heterocycles. The molecule has 204 valence electrons. The Balaban J connectivity index is 0.000000270. The summed E-state index contributed by atoms with van der Waals surface area (Å²) in [4.78, 5) is 15.3. The molecule has 2 aromatic heterocycles. The third kappa shape index (κ3) is 10.6. The van der Waals surface area contributed by atoms with Crippen molar-refractivity contribution in [1.82, 2.24) is 25.2 Å². The molecule has 0 spiro atoms. The lowest BCUT2D eigenvalue weighted by Crippen LogP contribution is -2.54. The van der Waals surface area contributed by atoms with Crippen molar-refractivity contribution in [3.05, 3.63) is 53.4 Å². The van der Waals surface area contributed by atoms with E-state index in [-0.39, 0.29) is 0 Å². The number of nitrogens with zero attached hydrogens (tertiary/aromatic N) is 4. The van der Waals surface area contributed by atoms with Crippen LogP contribution in [0.3, 0.4) is 0 Å². The molecule has 2 aromatic rings. The van der Waals surface area contributed by atoms with Gasteiger partial charge in [-0.2, -0.15) is 0 Å². The molecule has 1 fully saturated rings. The highest BCUT2D eigenvalue weighted by Crippen LogP contribution is 2.23. The molecule has 5 heteroatoms. The molecule has 36 heavy (non-hydrogen) atoms. The number of rotatable bonds is 6. The Hall–Kier alpha value is -1.85. The molecule has 3 rings (SSSR count). The second-order valence-corrected chi connectivity index (χ2v) is 11.9.